The fourth-order valence-electron chi connectivity index (χ4n) is 1.21. The van der Waals surface area contributed by atoms with Crippen molar-refractivity contribution in [3.8, 4) is 0 Å². The van der Waals surface area contributed by atoms with E-state index in [-0.39, 0.29) is 5.82 Å². The Balaban J connectivity index is 2.88. The van der Waals surface area contributed by atoms with Crippen LogP contribution in [-0.4, -0.2) is 0 Å². The highest BCUT2D eigenvalue weighted by Gasteiger charge is 1.98. The molecule has 60 valence electrons. The molecule has 0 aromatic heterocycles. The lowest BCUT2D eigenvalue weighted by molar-refractivity contribution is 0.629. The first-order valence-electron chi connectivity index (χ1n) is 3.61. The molecule has 0 amide bonds. The second-order valence-electron chi connectivity index (χ2n) is 2.61. The van der Waals surface area contributed by atoms with E-state index in [0.717, 1.165) is 15.2 Å². The summed E-state index contributed by atoms with van der Waals surface area (Å²) >= 11 is 3.36. The smallest absolute Gasteiger partial charge is 0.123 e. The van der Waals surface area contributed by atoms with Gasteiger partial charge in [0.1, 0.15) is 5.82 Å². The first-order chi connectivity index (χ1) is 5.77. The fourth-order valence-corrected chi connectivity index (χ4v) is 1.70. The summed E-state index contributed by atoms with van der Waals surface area (Å²) in [5.74, 6) is -0.200. The maximum absolute atomic E-state index is 12.8. The molecule has 0 nitrogen and oxygen atoms in total. The summed E-state index contributed by atoms with van der Waals surface area (Å²) in [5, 5.41) is 1.96. The topological polar surface area (TPSA) is 0 Å². The minimum atomic E-state index is -0.200. The van der Waals surface area contributed by atoms with Crippen LogP contribution in [0.4, 0.5) is 4.39 Å². The van der Waals surface area contributed by atoms with Gasteiger partial charge in [-0.25, -0.2) is 4.39 Å². The average molecular weight is 225 g/mol. The Bertz CT molecular complexity index is 423. The van der Waals surface area contributed by atoms with E-state index in [1.807, 2.05) is 18.2 Å². The highest BCUT2D eigenvalue weighted by atomic mass is 79.9. The summed E-state index contributed by atoms with van der Waals surface area (Å²) in [6.45, 7) is 0. The zero-order valence-corrected chi connectivity index (χ0v) is 7.81. The first-order valence-corrected chi connectivity index (χ1v) is 4.40. The van der Waals surface area contributed by atoms with E-state index in [1.165, 1.54) is 12.1 Å². The predicted molar refractivity (Wildman–Crippen MR) is 51.6 cm³/mol. The van der Waals surface area contributed by atoms with Gasteiger partial charge in [0, 0.05) is 4.47 Å². The number of hydrogen-bond acceptors (Lipinski definition) is 0. The zero-order valence-electron chi connectivity index (χ0n) is 6.22. The maximum atomic E-state index is 12.8. The zero-order chi connectivity index (χ0) is 8.55. The lowest BCUT2D eigenvalue weighted by Crippen LogP contribution is -1.76. The van der Waals surface area contributed by atoms with E-state index >= 15 is 0 Å². The van der Waals surface area contributed by atoms with Gasteiger partial charge < -0.3 is 0 Å². The molecular weight excluding hydrogens is 219 g/mol. The van der Waals surface area contributed by atoms with Crippen molar-refractivity contribution in [1.82, 2.24) is 0 Å². The number of halogens is 2. The van der Waals surface area contributed by atoms with Crippen molar-refractivity contribution in [3.05, 3.63) is 46.7 Å². The van der Waals surface area contributed by atoms with Crippen molar-refractivity contribution >= 4 is 26.7 Å². The molecule has 0 aliphatic rings. The highest BCUT2D eigenvalue weighted by Crippen LogP contribution is 2.23. The quantitative estimate of drug-likeness (QED) is 0.640. The highest BCUT2D eigenvalue weighted by molar-refractivity contribution is 9.10. The summed E-state index contributed by atoms with van der Waals surface area (Å²) in [7, 11) is 0. The average Bonchev–Trinajstić information content (AvgIpc) is 2.07. The van der Waals surface area contributed by atoms with Crippen LogP contribution in [0.1, 0.15) is 0 Å². The number of fused-ring (bicyclic) bond motifs is 1. The molecule has 0 saturated carbocycles. The molecule has 0 aliphatic carbocycles. The van der Waals surface area contributed by atoms with Crippen molar-refractivity contribution in [1.29, 1.82) is 0 Å². The lowest BCUT2D eigenvalue weighted by atomic mass is 10.1. The van der Waals surface area contributed by atoms with Gasteiger partial charge in [-0.15, -0.1) is 0 Å². The van der Waals surface area contributed by atoms with E-state index < -0.39 is 0 Å². The Morgan fingerprint density at radius 2 is 1.92 bits per heavy atom. The Labute approximate surface area is 78.1 Å². The Kier molecular flexibility index (Phi) is 1.85. The molecule has 2 aromatic rings. The van der Waals surface area contributed by atoms with Crippen LogP contribution in [-0.2, 0) is 0 Å². The molecule has 0 aliphatic heterocycles. The SMILES string of the molecule is Fc1ccc2cccc(Br)c2c1. The standard InChI is InChI=1S/C10H6BrF/c11-10-3-1-2-7-4-5-8(12)6-9(7)10/h1-6H. The van der Waals surface area contributed by atoms with Crippen LogP contribution in [0.25, 0.3) is 10.8 Å². The Morgan fingerprint density at radius 3 is 2.75 bits per heavy atom. The van der Waals surface area contributed by atoms with Crippen LogP contribution in [0.15, 0.2) is 40.9 Å². The van der Waals surface area contributed by atoms with Crippen LogP contribution in [0.2, 0.25) is 0 Å². The van der Waals surface area contributed by atoms with Gasteiger partial charge >= 0.3 is 0 Å². The second kappa shape index (κ2) is 2.87. The minimum Gasteiger partial charge on any atom is -0.207 e. The van der Waals surface area contributed by atoms with Crippen molar-refractivity contribution in [3.63, 3.8) is 0 Å². The third-order valence-electron chi connectivity index (χ3n) is 1.79. The molecule has 0 unspecified atom stereocenters. The molecule has 0 spiro atoms. The molecule has 0 atom stereocenters. The Hall–Kier alpha value is -0.890. The van der Waals surface area contributed by atoms with Crippen molar-refractivity contribution in [2.45, 2.75) is 0 Å². The van der Waals surface area contributed by atoms with Crippen molar-refractivity contribution in [2.75, 3.05) is 0 Å². The van der Waals surface area contributed by atoms with Crippen molar-refractivity contribution in [2.24, 2.45) is 0 Å². The molecule has 0 heterocycles. The van der Waals surface area contributed by atoms with E-state index in [9.17, 15) is 4.39 Å². The van der Waals surface area contributed by atoms with Gasteiger partial charge in [-0.1, -0.05) is 34.1 Å². The summed E-state index contributed by atoms with van der Waals surface area (Å²) < 4.78 is 13.7. The summed E-state index contributed by atoms with van der Waals surface area (Å²) in [6, 6.07) is 10.6. The van der Waals surface area contributed by atoms with Gasteiger partial charge in [-0.3, -0.25) is 0 Å². The van der Waals surface area contributed by atoms with Crippen LogP contribution >= 0.6 is 15.9 Å². The van der Waals surface area contributed by atoms with Gasteiger partial charge in [-0.05, 0) is 29.0 Å². The largest absolute Gasteiger partial charge is 0.207 e. The third kappa shape index (κ3) is 1.23. The summed E-state index contributed by atoms with van der Waals surface area (Å²) in [6.07, 6.45) is 0. The normalized spacial score (nSPS) is 10.5. The molecule has 12 heavy (non-hydrogen) atoms. The maximum Gasteiger partial charge on any atom is 0.123 e. The van der Waals surface area contributed by atoms with Gasteiger partial charge in [0.2, 0.25) is 0 Å². The Morgan fingerprint density at radius 1 is 1.08 bits per heavy atom. The molecule has 0 N–H and O–H groups in total. The molecule has 2 rings (SSSR count). The molecule has 0 fully saturated rings. The van der Waals surface area contributed by atoms with Crippen molar-refractivity contribution < 1.29 is 4.39 Å². The molecule has 0 radical (unpaired) electrons. The minimum absolute atomic E-state index is 0.200. The lowest BCUT2D eigenvalue weighted by Gasteiger charge is -1.99. The molecule has 2 aromatic carbocycles. The van der Waals surface area contributed by atoms with Crippen LogP contribution in [0, 0.1) is 5.82 Å². The van der Waals surface area contributed by atoms with Gasteiger partial charge in [0.15, 0.2) is 0 Å². The number of rotatable bonds is 0. The third-order valence-corrected chi connectivity index (χ3v) is 2.48. The van der Waals surface area contributed by atoms with Gasteiger partial charge in [-0.2, -0.15) is 0 Å². The number of benzene rings is 2. The molecule has 0 saturated heterocycles. The summed E-state index contributed by atoms with van der Waals surface area (Å²) in [4.78, 5) is 0. The number of hydrogen-bond donors (Lipinski definition) is 0. The van der Waals surface area contributed by atoms with E-state index in [0.29, 0.717) is 0 Å². The molecule has 2 heteroatoms. The van der Waals surface area contributed by atoms with E-state index in [2.05, 4.69) is 15.9 Å². The first kappa shape index (κ1) is 7.74. The van der Waals surface area contributed by atoms with Crippen LogP contribution in [0.5, 0.6) is 0 Å². The van der Waals surface area contributed by atoms with Gasteiger partial charge in [0.25, 0.3) is 0 Å². The van der Waals surface area contributed by atoms with E-state index in [1.54, 1.807) is 6.07 Å². The monoisotopic (exact) mass is 224 g/mol. The fraction of sp³-hybridized carbons (Fsp3) is 0. The van der Waals surface area contributed by atoms with Crippen LogP contribution in [0.3, 0.4) is 0 Å². The van der Waals surface area contributed by atoms with E-state index in [4.69, 9.17) is 0 Å². The summed E-state index contributed by atoms with van der Waals surface area (Å²) in [5.41, 5.74) is 0. The second-order valence-corrected chi connectivity index (χ2v) is 3.46. The predicted octanol–water partition coefficient (Wildman–Crippen LogP) is 3.74. The van der Waals surface area contributed by atoms with Gasteiger partial charge in [0.05, 0.1) is 0 Å². The molecule has 0 bridgehead atoms. The van der Waals surface area contributed by atoms with Crippen LogP contribution < -0.4 is 0 Å². The molecular formula is C10H6BrF.